The zero-order chi connectivity index (χ0) is 15.0. The molecule has 0 aliphatic carbocycles. The van der Waals surface area contributed by atoms with E-state index in [1.807, 2.05) is 19.0 Å². The molecule has 1 N–H and O–H groups in total. The first-order chi connectivity index (χ1) is 9.38. The molecular weight excluding hydrogens is 318 g/mol. The maximum absolute atomic E-state index is 5.63. The van der Waals surface area contributed by atoms with Gasteiger partial charge in [-0.1, -0.05) is 6.07 Å². The SMILES string of the molecule is COc1c(C)c(C)cc(C)c1-c1[nH]nc(N(C)C)c1Br. The van der Waals surface area contributed by atoms with Crippen LogP contribution in [0.2, 0.25) is 0 Å². The minimum Gasteiger partial charge on any atom is -0.496 e. The molecule has 4 nitrogen and oxygen atoms in total. The number of rotatable bonds is 3. The molecule has 20 heavy (non-hydrogen) atoms. The fourth-order valence-corrected chi connectivity index (χ4v) is 3.13. The second kappa shape index (κ2) is 5.48. The van der Waals surface area contributed by atoms with Crippen LogP contribution in [0.5, 0.6) is 5.75 Å². The number of aryl methyl sites for hydroxylation is 2. The van der Waals surface area contributed by atoms with Gasteiger partial charge in [0.15, 0.2) is 5.82 Å². The average Bonchev–Trinajstić information content (AvgIpc) is 2.75. The monoisotopic (exact) mass is 337 g/mol. The van der Waals surface area contributed by atoms with Gasteiger partial charge in [0.25, 0.3) is 0 Å². The molecule has 5 heteroatoms. The summed E-state index contributed by atoms with van der Waals surface area (Å²) in [7, 11) is 5.65. The lowest BCUT2D eigenvalue weighted by Gasteiger charge is -2.16. The Bertz CT molecular complexity index is 647. The third kappa shape index (κ3) is 2.30. The van der Waals surface area contributed by atoms with E-state index in [2.05, 4.69) is 53.0 Å². The topological polar surface area (TPSA) is 41.1 Å². The molecule has 1 aromatic heterocycles. The Kier molecular flexibility index (Phi) is 4.09. The van der Waals surface area contributed by atoms with E-state index in [-0.39, 0.29) is 0 Å². The van der Waals surface area contributed by atoms with Crippen LogP contribution in [0, 0.1) is 20.8 Å². The van der Waals surface area contributed by atoms with Crippen LogP contribution in [-0.4, -0.2) is 31.4 Å². The molecule has 0 fully saturated rings. The van der Waals surface area contributed by atoms with E-state index in [0.29, 0.717) is 0 Å². The standard InChI is InChI=1S/C15H20BrN3O/c1-8-7-9(2)11(14(20-6)10(8)3)13-12(16)15(18-17-13)19(4)5/h7H,1-6H3,(H,17,18). The lowest BCUT2D eigenvalue weighted by atomic mass is 9.97. The number of methoxy groups -OCH3 is 1. The van der Waals surface area contributed by atoms with Crippen LogP contribution in [0.4, 0.5) is 5.82 Å². The largest absolute Gasteiger partial charge is 0.496 e. The number of hydrogen-bond acceptors (Lipinski definition) is 3. The fraction of sp³-hybridized carbons (Fsp3) is 0.400. The maximum atomic E-state index is 5.63. The Morgan fingerprint density at radius 3 is 2.35 bits per heavy atom. The second-order valence-corrected chi connectivity index (χ2v) is 5.97. The first-order valence-electron chi connectivity index (χ1n) is 6.44. The van der Waals surface area contributed by atoms with Gasteiger partial charge in [-0.15, -0.1) is 0 Å². The number of aromatic amines is 1. The molecule has 0 aliphatic rings. The van der Waals surface area contributed by atoms with Gasteiger partial charge in [-0.2, -0.15) is 5.10 Å². The van der Waals surface area contributed by atoms with Gasteiger partial charge in [0, 0.05) is 19.7 Å². The summed E-state index contributed by atoms with van der Waals surface area (Å²) in [5, 5.41) is 7.47. The molecular formula is C15H20BrN3O. The van der Waals surface area contributed by atoms with Crippen LogP contribution >= 0.6 is 15.9 Å². The lowest BCUT2D eigenvalue weighted by molar-refractivity contribution is 0.412. The smallest absolute Gasteiger partial charge is 0.164 e. The van der Waals surface area contributed by atoms with Crippen molar-refractivity contribution in [2.45, 2.75) is 20.8 Å². The highest BCUT2D eigenvalue weighted by Gasteiger charge is 2.21. The number of H-pyrrole nitrogens is 1. The van der Waals surface area contributed by atoms with Crippen molar-refractivity contribution in [3.8, 4) is 17.0 Å². The van der Waals surface area contributed by atoms with Gasteiger partial charge < -0.3 is 9.64 Å². The summed E-state index contributed by atoms with van der Waals surface area (Å²) < 4.78 is 6.59. The minimum atomic E-state index is 0.875. The summed E-state index contributed by atoms with van der Waals surface area (Å²) in [5.74, 6) is 1.77. The molecule has 2 aromatic rings. The van der Waals surface area contributed by atoms with Gasteiger partial charge in [0.05, 0.1) is 17.3 Å². The Hall–Kier alpha value is -1.49. The summed E-state index contributed by atoms with van der Waals surface area (Å²) in [5.41, 5.74) is 5.56. The first-order valence-corrected chi connectivity index (χ1v) is 7.24. The zero-order valence-electron chi connectivity index (χ0n) is 12.8. The average molecular weight is 338 g/mol. The van der Waals surface area contributed by atoms with Crippen LogP contribution in [0.15, 0.2) is 10.5 Å². The van der Waals surface area contributed by atoms with Crippen molar-refractivity contribution in [2.75, 3.05) is 26.1 Å². The Labute approximate surface area is 128 Å². The molecule has 0 radical (unpaired) electrons. The number of aromatic nitrogens is 2. The molecule has 1 aromatic carbocycles. The number of benzene rings is 1. The van der Waals surface area contributed by atoms with Crippen molar-refractivity contribution in [1.82, 2.24) is 10.2 Å². The van der Waals surface area contributed by atoms with E-state index >= 15 is 0 Å². The quantitative estimate of drug-likeness (QED) is 0.925. The van der Waals surface area contributed by atoms with Gasteiger partial charge in [-0.3, -0.25) is 5.10 Å². The third-order valence-electron chi connectivity index (χ3n) is 3.55. The lowest BCUT2D eigenvalue weighted by Crippen LogP contribution is -2.09. The molecule has 0 spiro atoms. The Morgan fingerprint density at radius 1 is 1.20 bits per heavy atom. The van der Waals surface area contributed by atoms with E-state index in [9.17, 15) is 0 Å². The number of halogens is 1. The third-order valence-corrected chi connectivity index (χ3v) is 4.30. The highest BCUT2D eigenvalue weighted by atomic mass is 79.9. The molecule has 0 bridgehead atoms. The second-order valence-electron chi connectivity index (χ2n) is 5.17. The number of hydrogen-bond donors (Lipinski definition) is 1. The van der Waals surface area contributed by atoms with Crippen molar-refractivity contribution in [1.29, 1.82) is 0 Å². The summed E-state index contributed by atoms with van der Waals surface area (Å²) >= 11 is 3.64. The van der Waals surface area contributed by atoms with E-state index in [4.69, 9.17) is 4.74 Å². The molecule has 0 amide bonds. The molecule has 0 saturated carbocycles. The highest BCUT2D eigenvalue weighted by Crippen LogP contribution is 2.42. The molecule has 108 valence electrons. The van der Waals surface area contributed by atoms with E-state index in [0.717, 1.165) is 32.9 Å². The predicted octanol–water partition coefficient (Wildman–Crippen LogP) is 3.84. The van der Waals surface area contributed by atoms with Gasteiger partial charge in [0.1, 0.15) is 5.75 Å². The molecule has 0 atom stereocenters. The van der Waals surface area contributed by atoms with Crippen molar-refractivity contribution >= 4 is 21.7 Å². The Morgan fingerprint density at radius 2 is 1.85 bits per heavy atom. The normalized spacial score (nSPS) is 10.8. The van der Waals surface area contributed by atoms with Gasteiger partial charge in [-0.25, -0.2) is 0 Å². The predicted molar refractivity (Wildman–Crippen MR) is 86.8 cm³/mol. The summed E-state index contributed by atoms with van der Waals surface area (Å²) in [6.07, 6.45) is 0. The Balaban J connectivity index is 2.73. The van der Waals surface area contributed by atoms with Gasteiger partial charge in [0.2, 0.25) is 0 Å². The molecule has 0 saturated heterocycles. The van der Waals surface area contributed by atoms with Crippen LogP contribution in [0.3, 0.4) is 0 Å². The summed E-state index contributed by atoms with van der Waals surface area (Å²) in [4.78, 5) is 1.97. The van der Waals surface area contributed by atoms with Crippen LogP contribution in [-0.2, 0) is 0 Å². The van der Waals surface area contributed by atoms with Crippen LogP contribution in [0.25, 0.3) is 11.3 Å². The number of ether oxygens (including phenoxy) is 1. The molecule has 0 unspecified atom stereocenters. The van der Waals surface area contributed by atoms with Gasteiger partial charge >= 0.3 is 0 Å². The first kappa shape index (κ1) is 14.9. The van der Waals surface area contributed by atoms with Crippen molar-refractivity contribution < 1.29 is 4.74 Å². The molecule has 1 heterocycles. The zero-order valence-corrected chi connectivity index (χ0v) is 14.3. The van der Waals surface area contributed by atoms with E-state index in [1.165, 1.54) is 11.1 Å². The maximum Gasteiger partial charge on any atom is 0.164 e. The van der Waals surface area contributed by atoms with E-state index in [1.54, 1.807) is 7.11 Å². The van der Waals surface area contributed by atoms with E-state index < -0.39 is 0 Å². The van der Waals surface area contributed by atoms with Crippen molar-refractivity contribution in [2.24, 2.45) is 0 Å². The highest BCUT2D eigenvalue weighted by molar-refractivity contribution is 9.10. The van der Waals surface area contributed by atoms with Crippen molar-refractivity contribution in [3.05, 3.63) is 27.2 Å². The fourth-order valence-electron chi connectivity index (χ4n) is 2.40. The molecule has 2 rings (SSSR count). The number of nitrogens with one attached hydrogen (secondary N) is 1. The molecule has 0 aliphatic heterocycles. The number of anilines is 1. The number of nitrogens with zero attached hydrogens (tertiary/aromatic N) is 2. The summed E-state index contributed by atoms with van der Waals surface area (Å²) in [6, 6.07) is 2.18. The minimum absolute atomic E-state index is 0.875. The van der Waals surface area contributed by atoms with Crippen LogP contribution in [0.1, 0.15) is 16.7 Å². The van der Waals surface area contributed by atoms with Crippen molar-refractivity contribution in [3.63, 3.8) is 0 Å². The van der Waals surface area contributed by atoms with Crippen LogP contribution < -0.4 is 9.64 Å². The summed E-state index contributed by atoms with van der Waals surface area (Å²) in [6.45, 7) is 6.27. The van der Waals surface area contributed by atoms with Gasteiger partial charge in [-0.05, 0) is 53.4 Å².